The second-order valence-corrected chi connectivity index (χ2v) is 6.59. The molecule has 0 spiro atoms. The van der Waals surface area contributed by atoms with Gasteiger partial charge in [0.25, 0.3) is 0 Å². The van der Waals surface area contributed by atoms with Gasteiger partial charge in [-0.05, 0) is 35.9 Å². The van der Waals surface area contributed by atoms with Gasteiger partial charge in [-0.1, -0.05) is 30.3 Å². The Hall–Kier alpha value is -4.35. The van der Waals surface area contributed by atoms with Crippen LogP contribution >= 0.6 is 0 Å². The van der Waals surface area contributed by atoms with Gasteiger partial charge in [0.2, 0.25) is 0 Å². The largest absolute Gasteiger partial charge is 0.354 e. The van der Waals surface area contributed by atoms with E-state index in [2.05, 4.69) is 40.3 Å². The molecule has 28 heavy (non-hydrogen) atoms. The van der Waals surface area contributed by atoms with Crippen LogP contribution in [0.3, 0.4) is 0 Å². The van der Waals surface area contributed by atoms with Crippen molar-refractivity contribution < 1.29 is 0 Å². The van der Waals surface area contributed by atoms with Crippen LogP contribution < -0.4 is 0 Å². The summed E-state index contributed by atoms with van der Waals surface area (Å²) < 4.78 is 1.91. The predicted molar refractivity (Wildman–Crippen MR) is 107 cm³/mol. The third kappa shape index (κ3) is 2.59. The number of fused-ring (bicyclic) bond motifs is 2. The van der Waals surface area contributed by atoms with Gasteiger partial charge >= 0.3 is 0 Å². The summed E-state index contributed by atoms with van der Waals surface area (Å²) in [6.07, 6.45) is 3.80. The van der Waals surface area contributed by atoms with E-state index in [1.165, 1.54) is 0 Å². The Morgan fingerprint density at radius 3 is 2.36 bits per heavy atom. The van der Waals surface area contributed by atoms with E-state index in [-0.39, 0.29) is 0 Å². The van der Waals surface area contributed by atoms with E-state index in [4.69, 9.17) is 10.5 Å². The second-order valence-electron chi connectivity index (χ2n) is 6.59. The molecule has 0 aliphatic rings. The molecule has 0 amide bonds. The Kier molecular flexibility index (Phi) is 3.47. The lowest BCUT2D eigenvalue weighted by Crippen LogP contribution is -1.82. The molecule has 0 aliphatic carbocycles. The lowest BCUT2D eigenvalue weighted by molar-refractivity contribution is 1.18. The van der Waals surface area contributed by atoms with Crippen molar-refractivity contribution >= 4 is 16.6 Å². The fourth-order valence-corrected chi connectivity index (χ4v) is 3.36. The van der Waals surface area contributed by atoms with Crippen molar-refractivity contribution in [3.63, 3.8) is 0 Å². The van der Waals surface area contributed by atoms with E-state index < -0.39 is 0 Å². The number of imidazole rings is 1. The molecule has 0 radical (unpaired) electrons. The molecule has 3 aromatic heterocycles. The minimum absolute atomic E-state index is 0.596. The van der Waals surface area contributed by atoms with Crippen LogP contribution in [-0.2, 0) is 0 Å². The summed E-state index contributed by atoms with van der Waals surface area (Å²) in [4.78, 5) is 8.00. The van der Waals surface area contributed by atoms with Crippen LogP contribution in [0.25, 0.3) is 39.1 Å². The highest BCUT2D eigenvalue weighted by Crippen LogP contribution is 2.27. The monoisotopic (exact) mass is 359 g/mol. The average molecular weight is 359 g/mol. The van der Waals surface area contributed by atoms with E-state index in [0.29, 0.717) is 11.1 Å². The summed E-state index contributed by atoms with van der Waals surface area (Å²) in [5.41, 5.74) is 6.87. The second kappa shape index (κ2) is 6.12. The molecule has 0 unspecified atom stereocenters. The molecular formula is C23H13N5. The molecule has 0 saturated heterocycles. The van der Waals surface area contributed by atoms with Crippen LogP contribution in [0.4, 0.5) is 0 Å². The lowest BCUT2D eigenvalue weighted by Gasteiger charge is -2.00. The Balaban J connectivity index is 1.50. The predicted octanol–water partition coefficient (Wildman–Crippen LogP) is 4.89. The van der Waals surface area contributed by atoms with Gasteiger partial charge < -0.3 is 9.38 Å². The van der Waals surface area contributed by atoms with Crippen LogP contribution in [0, 0.1) is 22.7 Å². The van der Waals surface area contributed by atoms with Gasteiger partial charge in [0.15, 0.2) is 0 Å². The maximum Gasteiger partial charge on any atom is 0.138 e. The average Bonchev–Trinajstić information content (AvgIpc) is 3.36. The highest BCUT2D eigenvalue weighted by Gasteiger charge is 2.08. The first-order chi connectivity index (χ1) is 13.7. The van der Waals surface area contributed by atoms with Crippen molar-refractivity contribution in [1.82, 2.24) is 14.4 Å². The quantitative estimate of drug-likeness (QED) is 0.487. The van der Waals surface area contributed by atoms with E-state index in [1.54, 1.807) is 12.1 Å². The van der Waals surface area contributed by atoms with Crippen molar-refractivity contribution in [3.05, 3.63) is 84.2 Å². The molecule has 1 N–H and O–H groups in total. The summed E-state index contributed by atoms with van der Waals surface area (Å²) in [5.74, 6) is 0. The van der Waals surface area contributed by atoms with Crippen LogP contribution in [0.1, 0.15) is 11.1 Å². The number of nitrogens with zero attached hydrogens (tertiary/aromatic N) is 4. The Morgan fingerprint density at radius 1 is 0.821 bits per heavy atom. The van der Waals surface area contributed by atoms with Crippen molar-refractivity contribution in [2.45, 2.75) is 0 Å². The fourth-order valence-electron chi connectivity index (χ4n) is 3.36. The molecule has 2 aromatic carbocycles. The number of nitrogens with one attached hydrogen (secondary N) is 1. The zero-order chi connectivity index (χ0) is 19.1. The normalized spacial score (nSPS) is 10.8. The van der Waals surface area contributed by atoms with Crippen molar-refractivity contribution in [2.24, 2.45) is 0 Å². The molecule has 5 rings (SSSR count). The van der Waals surface area contributed by atoms with Crippen molar-refractivity contribution in [3.8, 4) is 34.7 Å². The third-order valence-electron chi connectivity index (χ3n) is 4.83. The van der Waals surface area contributed by atoms with Gasteiger partial charge in [0.1, 0.15) is 5.65 Å². The van der Waals surface area contributed by atoms with Gasteiger partial charge in [-0.15, -0.1) is 0 Å². The highest BCUT2D eigenvalue weighted by atomic mass is 15.0. The number of H-pyrrole nitrogens is 1. The van der Waals surface area contributed by atoms with Crippen molar-refractivity contribution in [2.75, 3.05) is 0 Å². The molecule has 0 saturated carbocycles. The highest BCUT2D eigenvalue weighted by molar-refractivity contribution is 5.87. The topological polar surface area (TPSA) is 80.7 Å². The number of rotatable bonds is 2. The Bertz CT molecular complexity index is 1310. The molecule has 5 nitrogen and oxygen atoms in total. The molecular weight excluding hydrogens is 346 g/mol. The summed E-state index contributed by atoms with van der Waals surface area (Å²) in [6.45, 7) is 0. The summed E-state index contributed by atoms with van der Waals surface area (Å²) >= 11 is 0. The summed E-state index contributed by atoms with van der Waals surface area (Å²) in [6, 6.07) is 23.7. The van der Waals surface area contributed by atoms with Gasteiger partial charge in [0.05, 0.1) is 29.0 Å². The zero-order valence-corrected chi connectivity index (χ0v) is 14.7. The molecule has 5 aromatic rings. The number of aromatic amines is 1. The van der Waals surface area contributed by atoms with E-state index in [1.807, 2.05) is 47.1 Å². The molecule has 3 heterocycles. The molecule has 0 bridgehead atoms. The maximum atomic E-state index is 9.05. The van der Waals surface area contributed by atoms with Gasteiger partial charge in [-0.25, -0.2) is 4.98 Å². The standard InChI is InChI=1S/C23H13N5/c24-12-15-1-2-19-11-21(26-20(19)9-15)17-3-5-18(6-4-17)22-14-28-8-7-16(13-25)10-23(28)27-22/h1-11,14,26H. The first kappa shape index (κ1) is 15.9. The number of aromatic nitrogens is 3. The van der Waals surface area contributed by atoms with Crippen LogP contribution in [-0.4, -0.2) is 14.4 Å². The van der Waals surface area contributed by atoms with E-state index in [0.717, 1.165) is 39.1 Å². The fraction of sp³-hybridized carbons (Fsp3) is 0. The van der Waals surface area contributed by atoms with Crippen LogP contribution in [0.5, 0.6) is 0 Å². The van der Waals surface area contributed by atoms with Gasteiger partial charge in [0, 0.05) is 34.6 Å². The SMILES string of the molecule is N#Cc1ccc2cc(-c3ccc(-c4cn5ccc(C#N)cc5n4)cc3)[nH]c2c1. The number of hydrogen-bond acceptors (Lipinski definition) is 3. The smallest absolute Gasteiger partial charge is 0.138 e. The number of benzene rings is 2. The Labute approximate surface area is 160 Å². The number of nitriles is 2. The van der Waals surface area contributed by atoms with E-state index >= 15 is 0 Å². The van der Waals surface area contributed by atoms with Crippen LogP contribution in [0.15, 0.2) is 73.1 Å². The van der Waals surface area contributed by atoms with Gasteiger partial charge in [-0.3, -0.25) is 0 Å². The van der Waals surface area contributed by atoms with Crippen molar-refractivity contribution in [1.29, 1.82) is 10.5 Å². The minimum atomic E-state index is 0.596. The molecule has 0 atom stereocenters. The maximum absolute atomic E-state index is 9.05. The summed E-state index contributed by atoms with van der Waals surface area (Å²) in [5, 5.41) is 19.2. The van der Waals surface area contributed by atoms with E-state index in [9.17, 15) is 0 Å². The molecule has 130 valence electrons. The zero-order valence-electron chi connectivity index (χ0n) is 14.7. The lowest BCUT2D eigenvalue weighted by atomic mass is 10.1. The van der Waals surface area contributed by atoms with Crippen LogP contribution in [0.2, 0.25) is 0 Å². The van der Waals surface area contributed by atoms with Gasteiger partial charge in [-0.2, -0.15) is 10.5 Å². The molecule has 0 fully saturated rings. The first-order valence-electron chi connectivity index (χ1n) is 8.76. The molecule has 5 heteroatoms. The Morgan fingerprint density at radius 2 is 1.57 bits per heavy atom. The minimum Gasteiger partial charge on any atom is -0.354 e. The third-order valence-corrected chi connectivity index (χ3v) is 4.83. The summed E-state index contributed by atoms with van der Waals surface area (Å²) in [7, 11) is 0. The molecule has 0 aliphatic heterocycles. The first-order valence-corrected chi connectivity index (χ1v) is 8.76. The number of hydrogen-bond donors (Lipinski definition) is 1. The number of pyridine rings is 1.